The highest BCUT2D eigenvalue weighted by atomic mass is 16.6. The molecule has 6 nitrogen and oxygen atoms in total. The van der Waals surface area contributed by atoms with E-state index in [9.17, 15) is 10.1 Å². The third-order valence-corrected chi connectivity index (χ3v) is 4.17. The predicted octanol–water partition coefficient (Wildman–Crippen LogP) is 2.98. The van der Waals surface area contributed by atoms with E-state index in [1.54, 1.807) is 16.8 Å². The zero-order valence-electron chi connectivity index (χ0n) is 12.2. The molecule has 1 aromatic heterocycles. The van der Waals surface area contributed by atoms with Crippen LogP contribution in [0.2, 0.25) is 0 Å². The third-order valence-electron chi connectivity index (χ3n) is 4.17. The van der Waals surface area contributed by atoms with Crippen molar-refractivity contribution in [3.63, 3.8) is 0 Å². The molecule has 1 heterocycles. The van der Waals surface area contributed by atoms with Crippen molar-refractivity contribution in [1.29, 1.82) is 0 Å². The molecule has 0 spiro atoms. The van der Waals surface area contributed by atoms with Crippen molar-refractivity contribution in [3.05, 3.63) is 45.6 Å². The van der Waals surface area contributed by atoms with Crippen LogP contribution in [0.4, 0.5) is 11.5 Å². The zero-order valence-corrected chi connectivity index (χ0v) is 12.2. The van der Waals surface area contributed by atoms with Crippen molar-refractivity contribution < 1.29 is 4.92 Å². The van der Waals surface area contributed by atoms with Gasteiger partial charge in [0.2, 0.25) is 0 Å². The van der Waals surface area contributed by atoms with Gasteiger partial charge in [0, 0.05) is 17.7 Å². The lowest BCUT2D eigenvalue weighted by atomic mass is 9.75. The van der Waals surface area contributed by atoms with E-state index in [2.05, 4.69) is 18.9 Å². The van der Waals surface area contributed by atoms with Crippen LogP contribution in [0.25, 0.3) is 5.69 Å². The highest BCUT2D eigenvalue weighted by Crippen LogP contribution is 2.40. The molecule has 0 fully saturated rings. The Bertz CT molecular complexity index is 718. The molecule has 0 amide bonds. The second kappa shape index (κ2) is 4.58. The lowest BCUT2D eigenvalue weighted by molar-refractivity contribution is -0.384. The van der Waals surface area contributed by atoms with E-state index < -0.39 is 4.92 Å². The fourth-order valence-electron chi connectivity index (χ4n) is 3.15. The van der Waals surface area contributed by atoms with Crippen LogP contribution in [-0.2, 0) is 11.8 Å². The van der Waals surface area contributed by atoms with Crippen molar-refractivity contribution >= 4 is 11.5 Å². The van der Waals surface area contributed by atoms with Gasteiger partial charge in [0.25, 0.3) is 5.69 Å². The Hall–Kier alpha value is -2.37. The van der Waals surface area contributed by atoms with E-state index in [1.165, 1.54) is 12.1 Å². The normalized spacial score (nSPS) is 16.5. The molecule has 1 aliphatic carbocycles. The Labute approximate surface area is 122 Å². The second-order valence-electron chi connectivity index (χ2n) is 6.13. The first-order chi connectivity index (χ1) is 9.90. The van der Waals surface area contributed by atoms with E-state index >= 15 is 0 Å². The van der Waals surface area contributed by atoms with Crippen molar-refractivity contribution in [3.8, 4) is 5.69 Å². The number of fused-ring (bicyclic) bond motifs is 1. The fraction of sp³-hybridized carbons (Fsp3) is 0.400. The van der Waals surface area contributed by atoms with Gasteiger partial charge in [-0.05, 0) is 30.7 Å². The number of nitrogens with two attached hydrogens (primary N) is 1. The number of anilines is 1. The molecule has 0 bridgehead atoms. The predicted molar refractivity (Wildman–Crippen MR) is 80.6 cm³/mol. The molecular formula is C15H18N4O2. The smallest absolute Gasteiger partial charge is 0.271 e. The van der Waals surface area contributed by atoms with E-state index in [0.29, 0.717) is 11.5 Å². The van der Waals surface area contributed by atoms with Crippen LogP contribution in [0.3, 0.4) is 0 Å². The fourth-order valence-corrected chi connectivity index (χ4v) is 3.15. The number of nitro groups is 1. The molecule has 0 saturated carbocycles. The molecule has 2 N–H and O–H groups in total. The molecule has 1 aliphatic rings. The van der Waals surface area contributed by atoms with Gasteiger partial charge in [0.1, 0.15) is 5.82 Å². The Morgan fingerprint density at radius 3 is 2.86 bits per heavy atom. The summed E-state index contributed by atoms with van der Waals surface area (Å²) in [6.07, 6.45) is 3.07. The monoisotopic (exact) mass is 286 g/mol. The molecule has 110 valence electrons. The Balaban J connectivity index is 2.15. The zero-order chi connectivity index (χ0) is 15.2. The summed E-state index contributed by atoms with van der Waals surface area (Å²) < 4.78 is 1.63. The summed E-state index contributed by atoms with van der Waals surface area (Å²) in [6.45, 7) is 4.33. The lowest BCUT2D eigenvalue weighted by Gasteiger charge is -2.29. The van der Waals surface area contributed by atoms with Gasteiger partial charge in [-0.2, -0.15) is 5.10 Å². The highest BCUT2D eigenvalue weighted by Gasteiger charge is 2.33. The first-order valence-electron chi connectivity index (χ1n) is 7.03. The quantitative estimate of drug-likeness (QED) is 0.679. The molecule has 3 rings (SSSR count). The number of benzene rings is 1. The van der Waals surface area contributed by atoms with E-state index in [4.69, 9.17) is 5.73 Å². The highest BCUT2D eigenvalue weighted by molar-refractivity contribution is 5.55. The summed E-state index contributed by atoms with van der Waals surface area (Å²) in [7, 11) is 0. The van der Waals surface area contributed by atoms with Gasteiger partial charge in [-0.1, -0.05) is 19.9 Å². The van der Waals surface area contributed by atoms with Gasteiger partial charge in [-0.15, -0.1) is 0 Å². The minimum absolute atomic E-state index is 0.00334. The van der Waals surface area contributed by atoms with Gasteiger partial charge in [0.15, 0.2) is 0 Å². The number of hydrogen-bond acceptors (Lipinski definition) is 4. The van der Waals surface area contributed by atoms with Crippen LogP contribution < -0.4 is 5.73 Å². The Kier molecular flexibility index (Phi) is 2.97. The Morgan fingerprint density at radius 2 is 2.19 bits per heavy atom. The maximum atomic E-state index is 10.9. The summed E-state index contributed by atoms with van der Waals surface area (Å²) in [4.78, 5) is 10.5. The molecule has 0 unspecified atom stereocenters. The van der Waals surface area contributed by atoms with Crippen LogP contribution >= 0.6 is 0 Å². The largest absolute Gasteiger partial charge is 0.383 e. The molecule has 2 aromatic rings. The number of hydrogen-bond donors (Lipinski definition) is 1. The molecule has 0 atom stereocenters. The van der Waals surface area contributed by atoms with Crippen molar-refractivity contribution in [2.75, 3.05) is 5.73 Å². The minimum Gasteiger partial charge on any atom is -0.383 e. The average Bonchev–Trinajstić information content (AvgIpc) is 2.77. The first kappa shape index (κ1) is 13.6. The number of non-ortho nitro benzene ring substituents is 1. The summed E-state index contributed by atoms with van der Waals surface area (Å²) >= 11 is 0. The molecular weight excluding hydrogens is 268 g/mol. The van der Waals surface area contributed by atoms with Gasteiger partial charge in [0.05, 0.1) is 16.3 Å². The Morgan fingerprint density at radius 1 is 1.43 bits per heavy atom. The van der Waals surface area contributed by atoms with Gasteiger partial charge in [-0.3, -0.25) is 10.1 Å². The lowest BCUT2D eigenvalue weighted by Crippen LogP contribution is -2.24. The molecule has 1 aromatic carbocycles. The van der Waals surface area contributed by atoms with Gasteiger partial charge < -0.3 is 5.73 Å². The van der Waals surface area contributed by atoms with Crippen LogP contribution in [-0.4, -0.2) is 14.7 Å². The maximum absolute atomic E-state index is 10.9. The van der Waals surface area contributed by atoms with E-state index in [0.717, 1.165) is 30.5 Å². The molecule has 0 aliphatic heterocycles. The second-order valence-corrected chi connectivity index (χ2v) is 6.13. The average molecular weight is 286 g/mol. The van der Waals surface area contributed by atoms with E-state index in [-0.39, 0.29) is 11.1 Å². The van der Waals surface area contributed by atoms with Crippen LogP contribution in [0, 0.1) is 10.1 Å². The summed E-state index contributed by atoms with van der Waals surface area (Å²) in [5.41, 5.74) is 9.05. The molecule has 21 heavy (non-hydrogen) atoms. The number of nitro benzene ring substituents is 1. The summed E-state index contributed by atoms with van der Waals surface area (Å²) in [5.74, 6) is 0.593. The third kappa shape index (κ3) is 2.16. The number of aryl methyl sites for hydroxylation is 1. The van der Waals surface area contributed by atoms with E-state index in [1.807, 2.05) is 0 Å². The van der Waals surface area contributed by atoms with Crippen LogP contribution in [0.15, 0.2) is 24.3 Å². The number of nitrogen functional groups attached to an aromatic ring is 1. The maximum Gasteiger partial charge on any atom is 0.271 e. The molecule has 0 saturated heterocycles. The SMILES string of the molecule is CC1(C)CCCc2nn(-c3cccc([N+](=O)[O-])c3)c(N)c21. The first-order valence-corrected chi connectivity index (χ1v) is 7.03. The van der Waals surface area contributed by atoms with Crippen molar-refractivity contribution in [1.82, 2.24) is 9.78 Å². The summed E-state index contributed by atoms with van der Waals surface area (Å²) in [5, 5.41) is 15.5. The van der Waals surface area contributed by atoms with Crippen molar-refractivity contribution in [2.24, 2.45) is 0 Å². The topological polar surface area (TPSA) is 87.0 Å². The molecule has 0 radical (unpaired) electrons. The minimum atomic E-state index is -0.410. The van der Waals surface area contributed by atoms with Crippen molar-refractivity contribution in [2.45, 2.75) is 38.5 Å². The standard InChI is InChI=1S/C15H18N4O2/c1-15(2)8-4-7-12-13(15)14(16)18(17-12)10-5-3-6-11(9-10)19(20)21/h3,5-6,9H,4,7-8,16H2,1-2H3. The number of rotatable bonds is 2. The number of aromatic nitrogens is 2. The van der Waals surface area contributed by atoms with Gasteiger partial charge in [-0.25, -0.2) is 4.68 Å². The molecule has 6 heteroatoms. The van der Waals surface area contributed by atoms with Crippen LogP contribution in [0.5, 0.6) is 0 Å². The van der Waals surface area contributed by atoms with Gasteiger partial charge >= 0.3 is 0 Å². The van der Waals surface area contributed by atoms with Crippen LogP contribution in [0.1, 0.15) is 37.9 Å². The summed E-state index contributed by atoms with van der Waals surface area (Å²) in [6, 6.07) is 6.41. The number of nitrogens with zero attached hydrogens (tertiary/aromatic N) is 3.